The average Bonchev–Trinajstić information content (AvgIpc) is 2.94. The van der Waals surface area contributed by atoms with Crippen LogP contribution in [0.5, 0.6) is 0 Å². The number of hydrogen-bond donors (Lipinski definition) is 0. The molecular formula is C15H24FN3. The first-order chi connectivity index (χ1) is 9.18. The van der Waals surface area contributed by atoms with E-state index in [1.807, 2.05) is 6.20 Å². The second-order valence-electron chi connectivity index (χ2n) is 6.24. The Hall–Kier alpha value is -0.900. The summed E-state index contributed by atoms with van der Waals surface area (Å²) in [5, 5.41) is 4.49. The fraction of sp³-hybridized carbons (Fsp3) is 0.800. The lowest BCUT2D eigenvalue weighted by molar-refractivity contribution is 0.129. The molecular weight excluding hydrogens is 241 g/mol. The lowest BCUT2D eigenvalue weighted by Gasteiger charge is -2.32. The average molecular weight is 265 g/mol. The van der Waals surface area contributed by atoms with E-state index in [0.29, 0.717) is 12.6 Å². The molecule has 2 fully saturated rings. The van der Waals surface area contributed by atoms with Crippen LogP contribution in [0.3, 0.4) is 0 Å². The summed E-state index contributed by atoms with van der Waals surface area (Å²) in [7, 11) is 0. The molecule has 1 saturated heterocycles. The van der Waals surface area contributed by atoms with Crippen molar-refractivity contribution in [2.24, 2.45) is 0 Å². The molecule has 2 heterocycles. The topological polar surface area (TPSA) is 21.1 Å². The van der Waals surface area contributed by atoms with Gasteiger partial charge in [0.05, 0.1) is 12.2 Å². The maximum atomic E-state index is 13.7. The lowest BCUT2D eigenvalue weighted by atomic mass is 10.0. The molecule has 3 nitrogen and oxygen atoms in total. The third kappa shape index (κ3) is 3.16. The summed E-state index contributed by atoms with van der Waals surface area (Å²) in [6.45, 7) is 4.87. The second kappa shape index (κ2) is 5.23. The number of hydrogen-bond acceptors (Lipinski definition) is 2. The molecule has 0 atom stereocenters. The molecule has 1 aromatic rings. The Morgan fingerprint density at radius 2 is 2.11 bits per heavy atom. The van der Waals surface area contributed by atoms with Crippen LogP contribution in [0.15, 0.2) is 12.4 Å². The summed E-state index contributed by atoms with van der Waals surface area (Å²) in [4.78, 5) is 2.29. The summed E-state index contributed by atoms with van der Waals surface area (Å²) in [6.07, 6.45) is 10.2. The first kappa shape index (κ1) is 13.1. The van der Waals surface area contributed by atoms with Gasteiger partial charge in [0.25, 0.3) is 0 Å². The molecule has 0 radical (unpaired) electrons. The van der Waals surface area contributed by atoms with Gasteiger partial charge in [-0.1, -0.05) is 13.3 Å². The predicted molar refractivity (Wildman–Crippen MR) is 74.0 cm³/mol. The first-order valence-electron chi connectivity index (χ1n) is 7.63. The molecule has 1 aromatic heterocycles. The van der Waals surface area contributed by atoms with Crippen LogP contribution in [0.4, 0.5) is 4.39 Å². The molecule has 0 N–H and O–H groups in total. The zero-order chi connectivity index (χ0) is 13.3. The van der Waals surface area contributed by atoms with Crippen LogP contribution in [0, 0.1) is 0 Å². The lowest BCUT2D eigenvalue weighted by Crippen LogP contribution is -2.39. The van der Waals surface area contributed by atoms with Gasteiger partial charge in [0, 0.05) is 25.8 Å². The van der Waals surface area contributed by atoms with E-state index < -0.39 is 5.67 Å². The number of nitrogens with zero attached hydrogens (tertiary/aromatic N) is 3. The Bertz CT molecular complexity index is 417. The molecule has 0 aromatic carbocycles. The van der Waals surface area contributed by atoms with Crippen molar-refractivity contribution in [3.05, 3.63) is 18.0 Å². The Balaban J connectivity index is 1.51. The number of alkyl halides is 1. The maximum absolute atomic E-state index is 13.7. The van der Waals surface area contributed by atoms with Gasteiger partial charge in [-0.05, 0) is 37.7 Å². The van der Waals surface area contributed by atoms with E-state index >= 15 is 0 Å². The fourth-order valence-corrected chi connectivity index (χ4v) is 3.03. The molecule has 2 aliphatic rings. The van der Waals surface area contributed by atoms with Gasteiger partial charge in [-0.15, -0.1) is 0 Å². The van der Waals surface area contributed by atoms with Crippen LogP contribution in [-0.4, -0.2) is 40.0 Å². The monoisotopic (exact) mass is 265 g/mol. The minimum atomic E-state index is -0.840. The Morgan fingerprint density at radius 3 is 2.74 bits per heavy atom. The molecule has 0 amide bonds. The highest BCUT2D eigenvalue weighted by molar-refractivity contribution is 5.05. The number of aromatic nitrogens is 2. The number of aryl methyl sites for hydroxylation is 1. The number of rotatable bonds is 5. The quantitative estimate of drug-likeness (QED) is 0.816. The molecule has 1 aliphatic carbocycles. The van der Waals surface area contributed by atoms with E-state index in [4.69, 9.17) is 0 Å². The second-order valence-corrected chi connectivity index (χ2v) is 6.24. The molecule has 1 aliphatic heterocycles. The maximum Gasteiger partial charge on any atom is 0.123 e. The third-order valence-corrected chi connectivity index (χ3v) is 4.42. The van der Waals surface area contributed by atoms with Gasteiger partial charge >= 0.3 is 0 Å². The van der Waals surface area contributed by atoms with Gasteiger partial charge in [0.15, 0.2) is 0 Å². The van der Waals surface area contributed by atoms with E-state index in [9.17, 15) is 4.39 Å². The van der Waals surface area contributed by atoms with Crippen molar-refractivity contribution in [1.29, 1.82) is 0 Å². The van der Waals surface area contributed by atoms with Crippen LogP contribution >= 0.6 is 0 Å². The van der Waals surface area contributed by atoms with Crippen molar-refractivity contribution in [2.75, 3.05) is 19.6 Å². The zero-order valence-corrected chi connectivity index (χ0v) is 11.8. The summed E-state index contributed by atoms with van der Waals surface area (Å²) in [5.74, 6) is 0. The largest absolute Gasteiger partial charge is 0.300 e. The predicted octanol–water partition coefficient (Wildman–Crippen LogP) is 2.97. The highest BCUT2D eigenvalue weighted by atomic mass is 19.1. The van der Waals surface area contributed by atoms with Gasteiger partial charge in [-0.2, -0.15) is 5.10 Å². The minimum Gasteiger partial charge on any atom is -0.300 e. The van der Waals surface area contributed by atoms with Crippen LogP contribution in [0.2, 0.25) is 0 Å². The van der Waals surface area contributed by atoms with E-state index in [0.717, 1.165) is 45.2 Å². The van der Waals surface area contributed by atoms with Crippen molar-refractivity contribution >= 4 is 0 Å². The molecule has 0 spiro atoms. The standard InChI is InChI=1S/C15H24FN3/c1-2-3-13-10-17-19(11-13)14-4-8-18(9-5-14)12-15(16)6-7-15/h10-11,14H,2-9,12H2,1H3. The Labute approximate surface area is 114 Å². The van der Waals surface area contributed by atoms with Crippen molar-refractivity contribution in [3.63, 3.8) is 0 Å². The van der Waals surface area contributed by atoms with Crippen LogP contribution in [0.1, 0.15) is 50.6 Å². The van der Waals surface area contributed by atoms with E-state index in [2.05, 4.69) is 27.8 Å². The normalized spacial score (nSPS) is 23.7. The van der Waals surface area contributed by atoms with Crippen molar-refractivity contribution < 1.29 is 4.39 Å². The smallest absolute Gasteiger partial charge is 0.123 e. The van der Waals surface area contributed by atoms with Gasteiger partial charge in [0.1, 0.15) is 5.67 Å². The molecule has 0 bridgehead atoms. The van der Waals surface area contributed by atoms with Gasteiger partial charge < -0.3 is 4.90 Å². The SMILES string of the molecule is CCCc1cnn(C2CCN(CC3(F)CC3)CC2)c1. The molecule has 4 heteroatoms. The highest BCUT2D eigenvalue weighted by Crippen LogP contribution is 2.41. The summed E-state index contributed by atoms with van der Waals surface area (Å²) in [6, 6.07) is 0.511. The van der Waals surface area contributed by atoms with Crippen LogP contribution < -0.4 is 0 Å². The van der Waals surface area contributed by atoms with Gasteiger partial charge in [-0.3, -0.25) is 4.68 Å². The fourth-order valence-electron chi connectivity index (χ4n) is 3.03. The number of likely N-dealkylation sites (tertiary alicyclic amines) is 1. The molecule has 1 saturated carbocycles. The Kier molecular flexibility index (Phi) is 3.61. The Morgan fingerprint density at radius 1 is 1.37 bits per heavy atom. The van der Waals surface area contributed by atoms with Crippen molar-refractivity contribution in [2.45, 2.75) is 57.2 Å². The molecule has 0 unspecified atom stereocenters. The zero-order valence-electron chi connectivity index (χ0n) is 11.8. The van der Waals surface area contributed by atoms with Crippen LogP contribution in [0.25, 0.3) is 0 Å². The highest BCUT2D eigenvalue weighted by Gasteiger charge is 2.44. The molecule has 19 heavy (non-hydrogen) atoms. The van der Waals surface area contributed by atoms with E-state index in [1.165, 1.54) is 12.0 Å². The third-order valence-electron chi connectivity index (χ3n) is 4.42. The minimum absolute atomic E-state index is 0.511. The summed E-state index contributed by atoms with van der Waals surface area (Å²) in [5.41, 5.74) is 0.498. The van der Waals surface area contributed by atoms with Crippen molar-refractivity contribution in [3.8, 4) is 0 Å². The number of piperidine rings is 1. The summed E-state index contributed by atoms with van der Waals surface area (Å²) >= 11 is 0. The van der Waals surface area contributed by atoms with Gasteiger partial charge in [-0.25, -0.2) is 4.39 Å². The van der Waals surface area contributed by atoms with Gasteiger partial charge in [0.2, 0.25) is 0 Å². The van der Waals surface area contributed by atoms with E-state index in [-0.39, 0.29) is 0 Å². The van der Waals surface area contributed by atoms with Crippen LogP contribution in [-0.2, 0) is 6.42 Å². The van der Waals surface area contributed by atoms with E-state index in [1.54, 1.807) is 0 Å². The molecule has 3 rings (SSSR count). The number of halogens is 1. The van der Waals surface area contributed by atoms with Crippen molar-refractivity contribution in [1.82, 2.24) is 14.7 Å². The molecule has 106 valence electrons. The summed E-state index contributed by atoms with van der Waals surface area (Å²) < 4.78 is 15.9. The first-order valence-corrected chi connectivity index (χ1v) is 7.63.